The second kappa shape index (κ2) is 10.1. The summed E-state index contributed by atoms with van der Waals surface area (Å²) in [4.78, 5) is 26.3. The van der Waals surface area contributed by atoms with Crippen molar-refractivity contribution in [3.63, 3.8) is 0 Å². The second-order valence-electron chi connectivity index (χ2n) is 5.59. The van der Waals surface area contributed by atoms with Gasteiger partial charge >= 0.3 is 12.1 Å². The highest BCUT2D eigenvalue weighted by Crippen LogP contribution is 2.36. The molecule has 1 heterocycles. The standard InChI is InChI=1S/C18H19F3N2O5S/c1-3-27-16(25)14-15(18(19,20)21)23-17(29-14)22-13(24)5-4-10-28-12-8-6-11(26-2)7-9-12/h6-9H,3-5,10H2,1-2H3,(H,22,23,24). The van der Waals surface area contributed by atoms with Crippen LogP contribution >= 0.6 is 11.3 Å². The third kappa shape index (κ3) is 6.63. The number of benzene rings is 1. The second-order valence-corrected chi connectivity index (χ2v) is 6.59. The molecule has 2 aromatic rings. The molecular formula is C18H19F3N2O5S. The summed E-state index contributed by atoms with van der Waals surface area (Å²) in [5.41, 5.74) is -1.38. The van der Waals surface area contributed by atoms with E-state index >= 15 is 0 Å². The van der Waals surface area contributed by atoms with Crippen LogP contribution in [0, 0.1) is 0 Å². The van der Waals surface area contributed by atoms with E-state index in [0.717, 1.165) is 0 Å². The molecule has 0 spiro atoms. The molecule has 0 aliphatic heterocycles. The van der Waals surface area contributed by atoms with Gasteiger partial charge in [0.05, 0.1) is 20.3 Å². The van der Waals surface area contributed by atoms with Gasteiger partial charge in [-0.05, 0) is 37.6 Å². The van der Waals surface area contributed by atoms with Gasteiger partial charge in [0.15, 0.2) is 10.8 Å². The molecule has 0 saturated heterocycles. The summed E-state index contributed by atoms with van der Waals surface area (Å²) in [7, 11) is 1.55. The largest absolute Gasteiger partial charge is 0.497 e. The molecule has 0 aliphatic carbocycles. The van der Waals surface area contributed by atoms with Crippen LogP contribution in [0.2, 0.25) is 0 Å². The molecule has 0 radical (unpaired) electrons. The molecule has 1 aromatic carbocycles. The van der Waals surface area contributed by atoms with Gasteiger partial charge in [-0.1, -0.05) is 11.3 Å². The molecular weight excluding hydrogens is 413 g/mol. The summed E-state index contributed by atoms with van der Waals surface area (Å²) in [5, 5.41) is 1.96. The lowest BCUT2D eigenvalue weighted by Crippen LogP contribution is -2.14. The van der Waals surface area contributed by atoms with Gasteiger partial charge in [0, 0.05) is 6.42 Å². The highest BCUT2D eigenvalue weighted by Gasteiger charge is 2.40. The molecule has 2 rings (SSSR count). The number of amides is 1. The van der Waals surface area contributed by atoms with Crippen molar-refractivity contribution in [1.82, 2.24) is 4.98 Å². The molecule has 0 atom stereocenters. The Labute approximate surface area is 168 Å². The average molecular weight is 432 g/mol. The van der Waals surface area contributed by atoms with Gasteiger partial charge in [0.2, 0.25) is 5.91 Å². The van der Waals surface area contributed by atoms with Crippen molar-refractivity contribution in [3.05, 3.63) is 34.8 Å². The zero-order valence-corrected chi connectivity index (χ0v) is 16.5. The number of esters is 1. The number of carbonyl (C=O) groups is 2. The molecule has 1 amide bonds. The summed E-state index contributed by atoms with van der Waals surface area (Å²) >= 11 is 0.422. The minimum atomic E-state index is -4.84. The van der Waals surface area contributed by atoms with Gasteiger partial charge in [0.25, 0.3) is 0 Å². The summed E-state index contributed by atoms with van der Waals surface area (Å²) in [6.45, 7) is 1.63. The zero-order chi connectivity index (χ0) is 21.4. The molecule has 7 nitrogen and oxygen atoms in total. The fraction of sp³-hybridized carbons (Fsp3) is 0.389. The summed E-state index contributed by atoms with van der Waals surface area (Å²) in [6, 6.07) is 6.88. The maximum absolute atomic E-state index is 13.1. The quantitative estimate of drug-likeness (QED) is 0.473. The Hall–Kier alpha value is -2.82. The fourth-order valence-corrected chi connectivity index (χ4v) is 3.07. The third-order valence-corrected chi connectivity index (χ3v) is 4.43. The number of nitrogens with zero attached hydrogens (tertiary/aromatic N) is 1. The van der Waals surface area contributed by atoms with E-state index in [1.54, 1.807) is 31.4 Å². The van der Waals surface area contributed by atoms with E-state index < -0.39 is 28.6 Å². The zero-order valence-electron chi connectivity index (χ0n) is 15.7. The van der Waals surface area contributed by atoms with E-state index in [1.165, 1.54) is 6.92 Å². The number of aromatic nitrogens is 1. The summed E-state index contributed by atoms with van der Waals surface area (Å²) in [5.74, 6) is -0.396. The number of hydrogen-bond donors (Lipinski definition) is 1. The number of nitrogens with one attached hydrogen (secondary N) is 1. The van der Waals surface area contributed by atoms with Crippen LogP contribution in [0.1, 0.15) is 35.1 Å². The van der Waals surface area contributed by atoms with E-state index in [-0.39, 0.29) is 24.8 Å². The van der Waals surface area contributed by atoms with E-state index in [1.807, 2.05) is 0 Å². The number of rotatable bonds is 9. The average Bonchev–Trinajstić information content (AvgIpc) is 3.10. The molecule has 158 valence electrons. The van der Waals surface area contributed by atoms with Gasteiger partial charge < -0.3 is 19.5 Å². The molecule has 29 heavy (non-hydrogen) atoms. The van der Waals surface area contributed by atoms with Gasteiger partial charge in [-0.15, -0.1) is 0 Å². The predicted octanol–water partition coefficient (Wildman–Crippen LogP) is 4.14. The van der Waals surface area contributed by atoms with Crippen LogP contribution in [0.15, 0.2) is 24.3 Å². The molecule has 0 saturated carbocycles. The van der Waals surface area contributed by atoms with Crippen molar-refractivity contribution < 1.29 is 37.0 Å². The first kappa shape index (κ1) is 22.5. The minimum absolute atomic E-state index is 0.00578. The topological polar surface area (TPSA) is 86.8 Å². The van der Waals surface area contributed by atoms with Crippen LogP contribution in [0.4, 0.5) is 18.3 Å². The highest BCUT2D eigenvalue weighted by molar-refractivity contribution is 7.17. The van der Waals surface area contributed by atoms with Crippen molar-refractivity contribution in [2.75, 3.05) is 25.6 Å². The summed E-state index contributed by atoms with van der Waals surface area (Å²) < 4.78 is 54.3. The first-order chi connectivity index (χ1) is 13.7. The van der Waals surface area contributed by atoms with Gasteiger partial charge in [-0.25, -0.2) is 9.78 Å². The minimum Gasteiger partial charge on any atom is -0.497 e. The van der Waals surface area contributed by atoms with E-state index in [2.05, 4.69) is 15.0 Å². The SMILES string of the molecule is CCOC(=O)c1sc(NC(=O)CCCOc2ccc(OC)cc2)nc1C(F)(F)F. The Bertz CT molecular complexity index is 837. The Balaban J connectivity index is 1.88. The summed E-state index contributed by atoms with van der Waals surface area (Å²) in [6.07, 6.45) is -4.50. The van der Waals surface area contributed by atoms with E-state index in [4.69, 9.17) is 9.47 Å². The lowest BCUT2D eigenvalue weighted by molar-refractivity contribution is -0.141. The van der Waals surface area contributed by atoms with Crippen LogP contribution in [-0.2, 0) is 15.7 Å². The maximum atomic E-state index is 13.1. The number of alkyl halides is 3. The predicted molar refractivity (Wildman–Crippen MR) is 99.4 cm³/mol. The van der Waals surface area contributed by atoms with Crippen molar-refractivity contribution in [1.29, 1.82) is 0 Å². The van der Waals surface area contributed by atoms with Gasteiger partial charge in [-0.3, -0.25) is 4.79 Å². The number of ether oxygens (including phenoxy) is 3. The Morgan fingerprint density at radius 3 is 2.41 bits per heavy atom. The molecule has 0 bridgehead atoms. The maximum Gasteiger partial charge on any atom is 0.435 e. The number of carbonyl (C=O) groups excluding carboxylic acids is 2. The molecule has 1 N–H and O–H groups in total. The van der Waals surface area contributed by atoms with Crippen LogP contribution in [0.5, 0.6) is 11.5 Å². The Morgan fingerprint density at radius 2 is 1.83 bits per heavy atom. The van der Waals surface area contributed by atoms with Crippen LogP contribution in [0.3, 0.4) is 0 Å². The van der Waals surface area contributed by atoms with Crippen molar-refractivity contribution in [2.45, 2.75) is 25.9 Å². The molecule has 0 aliphatic rings. The number of halogens is 3. The van der Waals surface area contributed by atoms with Crippen molar-refractivity contribution in [3.8, 4) is 11.5 Å². The first-order valence-electron chi connectivity index (χ1n) is 8.56. The number of hydrogen-bond acceptors (Lipinski definition) is 7. The molecule has 0 fully saturated rings. The van der Waals surface area contributed by atoms with Gasteiger partial charge in [-0.2, -0.15) is 13.2 Å². The van der Waals surface area contributed by atoms with Crippen molar-refractivity contribution >= 4 is 28.3 Å². The lowest BCUT2D eigenvalue weighted by Gasteiger charge is -2.07. The normalized spacial score (nSPS) is 11.1. The first-order valence-corrected chi connectivity index (χ1v) is 9.38. The molecule has 11 heteroatoms. The Morgan fingerprint density at radius 1 is 1.17 bits per heavy atom. The fourth-order valence-electron chi connectivity index (χ4n) is 2.18. The number of methoxy groups -OCH3 is 1. The van der Waals surface area contributed by atoms with E-state index in [9.17, 15) is 22.8 Å². The van der Waals surface area contributed by atoms with Crippen LogP contribution < -0.4 is 14.8 Å². The van der Waals surface area contributed by atoms with Crippen LogP contribution in [-0.4, -0.2) is 37.2 Å². The van der Waals surface area contributed by atoms with E-state index in [0.29, 0.717) is 29.3 Å². The Kier molecular flexibility index (Phi) is 7.82. The van der Waals surface area contributed by atoms with Gasteiger partial charge in [0.1, 0.15) is 16.4 Å². The lowest BCUT2D eigenvalue weighted by atomic mass is 10.3. The smallest absolute Gasteiger partial charge is 0.435 e. The van der Waals surface area contributed by atoms with Crippen LogP contribution in [0.25, 0.3) is 0 Å². The molecule has 1 aromatic heterocycles. The monoisotopic (exact) mass is 432 g/mol. The highest BCUT2D eigenvalue weighted by atomic mass is 32.1. The number of anilines is 1. The number of thiazole rings is 1. The third-order valence-electron chi connectivity index (χ3n) is 3.48. The molecule has 0 unspecified atom stereocenters. The van der Waals surface area contributed by atoms with Crippen molar-refractivity contribution in [2.24, 2.45) is 0 Å².